The van der Waals surface area contributed by atoms with E-state index >= 15 is 0 Å². The van der Waals surface area contributed by atoms with Gasteiger partial charge >= 0.3 is 5.97 Å². The van der Waals surface area contributed by atoms with Crippen molar-refractivity contribution in [2.45, 2.75) is 39.5 Å². The first-order valence-corrected chi connectivity index (χ1v) is 16.4. The Hall–Kier alpha value is -7.20. The van der Waals surface area contributed by atoms with Crippen LogP contribution in [0.4, 0.5) is 0 Å². The van der Waals surface area contributed by atoms with E-state index in [9.17, 15) is 25.2 Å². The van der Waals surface area contributed by atoms with E-state index in [1.54, 1.807) is 32.0 Å². The van der Waals surface area contributed by atoms with Gasteiger partial charge in [-0.25, -0.2) is 14.5 Å². The van der Waals surface area contributed by atoms with E-state index in [0.717, 1.165) is 29.0 Å². The highest BCUT2D eigenvalue weighted by molar-refractivity contribution is 6.05. The van der Waals surface area contributed by atoms with Crippen LogP contribution in [0.5, 0.6) is 0 Å². The largest absolute Gasteiger partial charge is 0.476 e. The number of aromatic nitrogens is 4. The number of carboxylic acid groups (broad SMARTS) is 1. The normalized spacial score (nSPS) is 17.0. The smallest absolute Gasteiger partial charge is 0.357 e. The standard InChI is InChI=1S/C21H23N7O.C17H13N5O2/c1-12-16(11-22)18(19(23-3)13(2)25-12)14-6-7-17-15(10-14)20(27-26-17)21(29)24-8-9-28(4)5;1-8-12(7-18)14(15(19-3)9(2)20-8)10-4-5-13-11(6-10)16(17(23)24)22-21-13/h6-7,10,18,25H,8-9H2,1-2,4-5H3,(H,24,29)(H,26,27);4-6,14,20H,1-2H3,(H,21,22)(H,23,24). The Morgan fingerprint density at radius 1 is 0.811 bits per heavy atom. The molecule has 0 saturated carbocycles. The van der Waals surface area contributed by atoms with Crippen LogP contribution in [-0.4, -0.2) is 69.5 Å². The summed E-state index contributed by atoms with van der Waals surface area (Å²) in [4.78, 5) is 33.1. The summed E-state index contributed by atoms with van der Waals surface area (Å²) in [6.07, 6.45) is 0. The highest BCUT2D eigenvalue weighted by Crippen LogP contribution is 2.40. The molecule has 0 bridgehead atoms. The lowest BCUT2D eigenvalue weighted by atomic mass is 9.84. The molecular formula is C38H36N12O3. The first-order chi connectivity index (χ1) is 25.3. The maximum absolute atomic E-state index is 12.6. The van der Waals surface area contributed by atoms with Crippen LogP contribution in [0, 0.1) is 35.8 Å². The molecule has 2 unspecified atom stereocenters. The lowest BCUT2D eigenvalue weighted by Crippen LogP contribution is -2.31. The number of nitrogens with zero attached hydrogens (tertiary/aromatic N) is 7. The zero-order valence-corrected chi connectivity index (χ0v) is 29.9. The van der Waals surface area contributed by atoms with Crippen molar-refractivity contribution in [3.8, 4) is 12.1 Å². The number of hydrogen-bond acceptors (Lipinski definition) is 9. The van der Waals surface area contributed by atoms with Crippen LogP contribution in [0.3, 0.4) is 0 Å². The number of rotatable bonds is 7. The van der Waals surface area contributed by atoms with Crippen LogP contribution >= 0.6 is 0 Å². The average molecular weight is 709 g/mol. The summed E-state index contributed by atoms with van der Waals surface area (Å²) in [6, 6.07) is 15.1. The second-order valence-electron chi connectivity index (χ2n) is 12.8. The average Bonchev–Trinajstić information content (AvgIpc) is 3.75. The van der Waals surface area contributed by atoms with Crippen molar-refractivity contribution < 1.29 is 14.7 Å². The van der Waals surface area contributed by atoms with Gasteiger partial charge in [-0.2, -0.15) is 20.7 Å². The second kappa shape index (κ2) is 15.4. The Balaban J connectivity index is 0.000000208. The van der Waals surface area contributed by atoms with Gasteiger partial charge in [0, 0.05) is 46.7 Å². The van der Waals surface area contributed by atoms with E-state index in [1.807, 2.05) is 51.0 Å². The van der Waals surface area contributed by atoms with Gasteiger partial charge in [0.25, 0.3) is 5.91 Å². The van der Waals surface area contributed by atoms with Crippen LogP contribution in [0.2, 0.25) is 0 Å². The van der Waals surface area contributed by atoms with Crippen molar-refractivity contribution >= 4 is 33.7 Å². The van der Waals surface area contributed by atoms with Crippen molar-refractivity contribution in [2.24, 2.45) is 0 Å². The summed E-state index contributed by atoms with van der Waals surface area (Å²) in [7, 11) is 3.88. The maximum Gasteiger partial charge on any atom is 0.357 e. The molecule has 2 aliphatic rings. The van der Waals surface area contributed by atoms with E-state index in [4.69, 9.17) is 13.1 Å². The third kappa shape index (κ3) is 7.19. The van der Waals surface area contributed by atoms with E-state index in [0.29, 0.717) is 68.0 Å². The monoisotopic (exact) mass is 708 g/mol. The second-order valence-corrected chi connectivity index (χ2v) is 12.8. The molecule has 0 fully saturated rings. The molecule has 2 aliphatic heterocycles. The molecule has 0 saturated heterocycles. The molecule has 53 heavy (non-hydrogen) atoms. The van der Waals surface area contributed by atoms with Gasteiger partial charge < -0.3 is 26.0 Å². The number of dihydropyridines is 2. The Kier molecular flexibility index (Phi) is 10.7. The molecule has 0 spiro atoms. The molecule has 2 atom stereocenters. The van der Waals surface area contributed by atoms with Gasteiger partial charge in [-0.1, -0.05) is 12.1 Å². The van der Waals surface area contributed by atoms with Gasteiger partial charge in [0.05, 0.1) is 59.3 Å². The molecule has 6 N–H and O–H groups in total. The number of hydrogen-bond donors (Lipinski definition) is 6. The van der Waals surface area contributed by atoms with E-state index in [-0.39, 0.29) is 11.6 Å². The number of carbonyl (C=O) groups is 2. The molecular weight excluding hydrogens is 672 g/mol. The molecule has 0 radical (unpaired) electrons. The summed E-state index contributed by atoms with van der Waals surface area (Å²) in [5, 5.41) is 52.1. The number of nitriles is 2. The first-order valence-electron chi connectivity index (χ1n) is 16.4. The van der Waals surface area contributed by atoms with Crippen molar-refractivity contribution in [2.75, 3.05) is 27.2 Å². The molecule has 266 valence electrons. The van der Waals surface area contributed by atoms with E-state index in [2.05, 4.69) is 58.2 Å². The third-order valence-corrected chi connectivity index (χ3v) is 9.04. The fourth-order valence-corrected chi connectivity index (χ4v) is 6.44. The van der Waals surface area contributed by atoms with Crippen LogP contribution in [0.25, 0.3) is 31.5 Å². The fourth-order valence-electron chi connectivity index (χ4n) is 6.44. The Labute approximate surface area is 305 Å². The number of likely N-dealkylation sites (N-methyl/N-ethyl adjacent to an activating group) is 1. The summed E-state index contributed by atoms with van der Waals surface area (Å²) < 4.78 is 0. The molecule has 2 aromatic carbocycles. The van der Waals surface area contributed by atoms with E-state index in [1.165, 1.54) is 0 Å². The predicted octanol–water partition coefficient (Wildman–Crippen LogP) is 5.39. The summed E-state index contributed by atoms with van der Waals surface area (Å²) in [6.45, 7) is 23.5. The molecule has 4 heterocycles. The summed E-state index contributed by atoms with van der Waals surface area (Å²) in [5.74, 6) is -2.38. The SMILES string of the molecule is [C-]#[N+]C1=C(C)NC(C)=C(C#N)C1c1ccc2[nH]nc(C(=O)NCCN(C)C)c2c1.[C-]#[N+]C1=C(C)NC(C)=C(C#N)C1c1ccc2[nH]nc(C(=O)O)c2c1. The summed E-state index contributed by atoms with van der Waals surface area (Å²) >= 11 is 0. The number of fused-ring (bicyclic) bond motifs is 2. The molecule has 6 rings (SSSR count). The number of aromatic amines is 2. The van der Waals surface area contributed by atoms with Crippen molar-refractivity contribution in [1.82, 2.24) is 41.2 Å². The minimum atomic E-state index is -1.13. The number of nitrogens with one attached hydrogen (secondary N) is 5. The van der Waals surface area contributed by atoms with Crippen molar-refractivity contribution in [3.63, 3.8) is 0 Å². The van der Waals surface area contributed by atoms with Gasteiger partial charge in [-0.15, -0.1) is 0 Å². The van der Waals surface area contributed by atoms with Crippen LogP contribution in [-0.2, 0) is 0 Å². The number of allylic oxidation sites excluding steroid dienone is 6. The maximum atomic E-state index is 12.6. The van der Waals surface area contributed by atoms with Crippen LogP contribution < -0.4 is 16.0 Å². The zero-order valence-electron chi connectivity index (χ0n) is 29.9. The third-order valence-electron chi connectivity index (χ3n) is 9.04. The number of amides is 1. The quantitative estimate of drug-likeness (QED) is 0.135. The van der Waals surface area contributed by atoms with Crippen molar-refractivity contribution in [1.29, 1.82) is 10.5 Å². The highest BCUT2D eigenvalue weighted by atomic mass is 16.4. The Morgan fingerprint density at radius 2 is 1.26 bits per heavy atom. The molecule has 0 aliphatic carbocycles. The molecule has 1 amide bonds. The zero-order chi connectivity index (χ0) is 38.6. The van der Waals surface area contributed by atoms with Crippen LogP contribution in [0.1, 0.15) is 71.6 Å². The Morgan fingerprint density at radius 3 is 1.68 bits per heavy atom. The number of aromatic carboxylic acids is 1. The lowest BCUT2D eigenvalue weighted by Gasteiger charge is -2.26. The highest BCUT2D eigenvalue weighted by Gasteiger charge is 2.32. The molecule has 4 aromatic rings. The minimum absolute atomic E-state index is 0.0787. The number of carboxylic acids is 1. The van der Waals surface area contributed by atoms with Gasteiger partial charge in [-0.05, 0) is 77.2 Å². The number of carbonyl (C=O) groups excluding carboxylic acids is 1. The molecule has 2 aromatic heterocycles. The molecule has 15 nitrogen and oxygen atoms in total. The van der Waals surface area contributed by atoms with Crippen LogP contribution in [0.15, 0.2) is 81.7 Å². The Bertz CT molecular complexity index is 2390. The van der Waals surface area contributed by atoms with Gasteiger partial charge in [0.2, 0.25) is 0 Å². The minimum Gasteiger partial charge on any atom is -0.476 e. The van der Waals surface area contributed by atoms with E-state index < -0.39 is 17.8 Å². The fraction of sp³-hybridized carbons (Fsp3) is 0.263. The van der Waals surface area contributed by atoms with Gasteiger partial charge in [0.1, 0.15) is 0 Å². The van der Waals surface area contributed by atoms with Gasteiger partial charge in [0.15, 0.2) is 22.8 Å². The van der Waals surface area contributed by atoms with Gasteiger partial charge in [-0.3, -0.25) is 15.0 Å². The predicted molar refractivity (Wildman–Crippen MR) is 197 cm³/mol. The lowest BCUT2D eigenvalue weighted by molar-refractivity contribution is 0.0692. The summed E-state index contributed by atoms with van der Waals surface area (Å²) in [5.41, 5.74) is 7.72. The van der Waals surface area contributed by atoms with Crippen molar-refractivity contribution in [3.05, 3.63) is 127 Å². The topological polar surface area (TPSA) is 207 Å². The number of benzene rings is 2. The number of H-pyrrole nitrogens is 2. The first kappa shape index (κ1) is 37.1. The molecule has 15 heteroatoms.